The molecule has 2 amide bonds. The second-order valence-electron chi connectivity index (χ2n) is 2.94. The molecule has 0 aromatic carbocycles. The van der Waals surface area contributed by atoms with Crippen LogP contribution in [0.3, 0.4) is 0 Å². The van der Waals surface area contributed by atoms with Crippen LogP contribution in [0.1, 0.15) is 26.2 Å². The number of amides is 2. The molecule has 0 saturated heterocycles. The van der Waals surface area contributed by atoms with E-state index in [1.807, 2.05) is 0 Å². The molecule has 0 aliphatic rings. The van der Waals surface area contributed by atoms with E-state index < -0.39 is 11.9 Å². The van der Waals surface area contributed by atoms with Gasteiger partial charge in [-0.3, -0.25) is 9.59 Å². The predicted octanol–water partition coefficient (Wildman–Crippen LogP) is -0.895. The molecule has 0 radical (unpaired) electrons. The molecule has 5 nitrogen and oxygen atoms in total. The Morgan fingerprint density at radius 1 is 1.38 bits per heavy atom. The average molecular weight is 187 g/mol. The lowest BCUT2D eigenvalue weighted by Crippen LogP contribution is -2.43. The molecule has 0 heterocycles. The van der Waals surface area contributed by atoms with E-state index in [-0.39, 0.29) is 5.91 Å². The molecule has 0 aliphatic heterocycles. The summed E-state index contributed by atoms with van der Waals surface area (Å²) in [7, 11) is 0. The summed E-state index contributed by atoms with van der Waals surface area (Å²) in [6.07, 6.45) is 2.19. The lowest BCUT2D eigenvalue weighted by atomic mass is 10.1. The van der Waals surface area contributed by atoms with Crippen molar-refractivity contribution in [2.24, 2.45) is 11.5 Å². The summed E-state index contributed by atoms with van der Waals surface area (Å²) in [5, 5.41) is 2.48. The summed E-state index contributed by atoms with van der Waals surface area (Å²) in [4.78, 5) is 21.5. The number of carbonyl (C=O) groups is 2. The second kappa shape index (κ2) is 6.42. The molecular weight excluding hydrogens is 170 g/mol. The Morgan fingerprint density at radius 2 is 2.00 bits per heavy atom. The maximum Gasteiger partial charge on any atom is 0.239 e. The van der Waals surface area contributed by atoms with Gasteiger partial charge in [0.2, 0.25) is 11.8 Å². The number of hydrogen-bond donors (Lipinski definition) is 3. The third-order valence-corrected chi connectivity index (χ3v) is 1.67. The van der Waals surface area contributed by atoms with Gasteiger partial charge in [0.05, 0.1) is 0 Å². The largest absolute Gasteiger partial charge is 0.368 e. The van der Waals surface area contributed by atoms with E-state index in [9.17, 15) is 9.59 Å². The van der Waals surface area contributed by atoms with Gasteiger partial charge in [-0.1, -0.05) is 0 Å². The summed E-state index contributed by atoms with van der Waals surface area (Å²) in [6, 6.07) is -0.552. The van der Waals surface area contributed by atoms with Crippen LogP contribution >= 0.6 is 0 Å². The van der Waals surface area contributed by atoms with Gasteiger partial charge < -0.3 is 16.8 Å². The number of rotatable bonds is 6. The number of carbonyl (C=O) groups excluding carboxylic acids is 2. The van der Waals surface area contributed by atoms with Crippen molar-refractivity contribution in [3.8, 4) is 0 Å². The topological polar surface area (TPSA) is 98.2 Å². The first kappa shape index (κ1) is 11.9. The zero-order valence-electron chi connectivity index (χ0n) is 7.88. The molecule has 1 atom stereocenters. The van der Waals surface area contributed by atoms with Crippen molar-refractivity contribution >= 4 is 11.8 Å². The maximum atomic E-state index is 10.8. The van der Waals surface area contributed by atoms with Gasteiger partial charge in [0.1, 0.15) is 6.04 Å². The number of hydrogen-bond acceptors (Lipinski definition) is 3. The highest BCUT2D eigenvalue weighted by Gasteiger charge is 2.14. The highest BCUT2D eigenvalue weighted by atomic mass is 16.2. The molecule has 0 saturated carbocycles. The zero-order valence-corrected chi connectivity index (χ0v) is 7.88. The molecule has 0 aromatic heterocycles. The van der Waals surface area contributed by atoms with E-state index in [0.717, 1.165) is 12.8 Å². The van der Waals surface area contributed by atoms with Crippen LogP contribution in [0.25, 0.3) is 0 Å². The fourth-order valence-electron chi connectivity index (χ4n) is 1.02. The summed E-state index contributed by atoms with van der Waals surface area (Å²) in [5.74, 6) is -0.733. The van der Waals surface area contributed by atoms with Crippen LogP contribution in [-0.4, -0.2) is 24.4 Å². The lowest BCUT2D eigenvalue weighted by molar-refractivity contribution is -0.126. The Kier molecular flexibility index (Phi) is 5.88. The van der Waals surface area contributed by atoms with Gasteiger partial charge in [0.15, 0.2) is 0 Å². The van der Waals surface area contributed by atoms with Crippen LogP contribution < -0.4 is 16.8 Å². The Labute approximate surface area is 77.8 Å². The number of nitrogens with two attached hydrogens (primary N) is 2. The van der Waals surface area contributed by atoms with Crippen molar-refractivity contribution in [3.63, 3.8) is 0 Å². The van der Waals surface area contributed by atoms with Crippen LogP contribution in [0.15, 0.2) is 0 Å². The third-order valence-electron chi connectivity index (χ3n) is 1.67. The molecule has 5 heteroatoms. The predicted molar refractivity (Wildman–Crippen MR) is 49.7 cm³/mol. The van der Waals surface area contributed by atoms with E-state index in [1.165, 1.54) is 6.92 Å². The van der Waals surface area contributed by atoms with Crippen LogP contribution in [0.5, 0.6) is 0 Å². The smallest absolute Gasteiger partial charge is 0.239 e. The quantitative estimate of drug-likeness (QED) is 0.470. The summed E-state index contributed by atoms with van der Waals surface area (Å²) in [5.41, 5.74) is 10.4. The van der Waals surface area contributed by atoms with Gasteiger partial charge in [0, 0.05) is 6.92 Å². The molecule has 0 bridgehead atoms. The van der Waals surface area contributed by atoms with Crippen molar-refractivity contribution in [1.29, 1.82) is 0 Å². The van der Waals surface area contributed by atoms with E-state index in [1.54, 1.807) is 0 Å². The van der Waals surface area contributed by atoms with Crippen molar-refractivity contribution < 1.29 is 9.59 Å². The van der Waals surface area contributed by atoms with Crippen LogP contribution in [-0.2, 0) is 9.59 Å². The van der Waals surface area contributed by atoms with Crippen molar-refractivity contribution in [2.75, 3.05) is 6.54 Å². The van der Waals surface area contributed by atoms with Gasteiger partial charge in [-0.25, -0.2) is 0 Å². The van der Waals surface area contributed by atoms with Crippen LogP contribution in [0, 0.1) is 0 Å². The van der Waals surface area contributed by atoms with Crippen LogP contribution in [0.2, 0.25) is 0 Å². The molecule has 0 aromatic rings. The Morgan fingerprint density at radius 3 is 2.38 bits per heavy atom. The molecule has 0 rings (SSSR count). The Balaban J connectivity index is 3.81. The monoisotopic (exact) mass is 187 g/mol. The van der Waals surface area contributed by atoms with E-state index in [0.29, 0.717) is 13.0 Å². The highest BCUT2D eigenvalue weighted by molar-refractivity contribution is 5.85. The van der Waals surface area contributed by atoms with Crippen LogP contribution in [0.4, 0.5) is 0 Å². The molecule has 5 N–H and O–H groups in total. The van der Waals surface area contributed by atoms with Gasteiger partial charge in [-0.05, 0) is 25.8 Å². The van der Waals surface area contributed by atoms with Gasteiger partial charge in [0.25, 0.3) is 0 Å². The minimum Gasteiger partial charge on any atom is -0.368 e. The first-order valence-electron chi connectivity index (χ1n) is 4.34. The number of nitrogens with one attached hydrogen (secondary N) is 1. The first-order chi connectivity index (χ1) is 6.07. The molecular formula is C8H17N3O2. The molecule has 13 heavy (non-hydrogen) atoms. The van der Waals surface area contributed by atoms with E-state index in [2.05, 4.69) is 5.32 Å². The molecule has 0 spiro atoms. The summed E-state index contributed by atoms with van der Waals surface area (Å²) >= 11 is 0. The summed E-state index contributed by atoms with van der Waals surface area (Å²) < 4.78 is 0. The molecule has 0 fully saturated rings. The lowest BCUT2D eigenvalue weighted by Gasteiger charge is -2.13. The Hall–Kier alpha value is -1.10. The van der Waals surface area contributed by atoms with Gasteiger partial charge in [-0.15, -0.1) is 0 Å². The summed E-state index contributed by atoms with van der Waals surface area (Å²) in [6.45, 7) is 1.95. The second-order valence-corrected chi connectivity index (χ2v) is 2.94. The van der Waals surface area contributed by atoms with E-state index >= 15 is 0 Å². The minimum absolute atomic E-state index is 0.239. The molecule has 0 aliphatic carbocycles. The SMILES string of the molecule is CC(=O)N[C@H](CCCCN)C(N)=O. The first-order valence-corrected chi connectivity index (χ1v) is 4.34. The average Bonchev–Trinajstić information content (AvgIpc) is 2.02. The molecule has 0 unspecified atom stereocenters. The highest BCUT2D eigenvalue weighted by Crippen LogP contribution is 1.99. The number of unbranched alkanes of at least 4 members (excludes halogenated alkanes) is 1. The standard InChI is InChI=1S/C8H17N3O2/c1-6(12)11-7(8(10)13)4-2-3-5-9/h7H,2-5,9H2,1H3,(H2,10,13)(H,11,12)/t7-/m1/s1. The molecule has 76 valence electrons. The van der Waals surface area contributed by atoms with Crippen molar-refractivity contribution in [1.82, 2.24) is 5.32 Å². The fraction of sp³-hybridized carbons (Fsp3) is 0.750. The minimum atomic E-state index is -0.552. The van der Waals surface area contributed by atoms with Crippen molar-refractivity contribution in [3.05, 3.63) is 0 Å². The maximum absolute atomic E-state index is 10.8. The van der Waals surface area contributed by atoms with Gasteiger partial charge in [-0.2, -0.15) is 0 Å². The fourth-order valence-corrected chi connectivity index (χ4v) is 1.02. The zero-order chi connectivity index (χ0) is 10.3. The van der Waals surface area contributed by atoms with Gasteiger partial charge >= 0.3 is 0 Å². The van der Waals surface area contributed by atoms with Crippen molar-refractivity contribution in [2.45, 2.75) is 32.2 Å². The van der Waals surface area contributed by atoms with E-state index in [4.69, 9.17) is 11.5 Å². The Bertz CT molecular complexity index is 182. The third kappa shape index (κ3) is 6.10. The normalized spacial score (nSPS) is 12.2. The number of primary amides is 1.